The molecule has 8 heteroatoms. The Bertz CT molecular complexity index is 852. The summed E-state index contributed by atoms with van der Waals surface area (Å²) in [6.45, 7) is 0.821. The molecule has 2 rings (SSSR count). The van der Waals surface area contributed by atoms with Crippen LogP contribution in [0.4, 0.5) is 8.78 Å². The summed E-state index contributed by atoms with van der Waals surface area (Å²) in [6.07, 6.45) is -1.08. The fourth-order valence-electron chi connectivity index (χ4n) is 2.20. The lowest BCUT2D eigenvalue weighted by atomic mass is 10.1. The summed E-state index contributed by atoms with van der Waals surface area (Å²) in [5.74, 6) is -3.51. The van der Waals surface area contributed by atoms with E-state index in [-0.39, 0.29) is 0 Å². The van der Waals surface area contributed by atoms with Gasteiger partial charge in [-0.3, -0.25) is 14.4 Å². The maximum absolute atomic E-state index is 13.5. The number of esters is 1. The van der Waals surface area contributed by atoms with E-state index in [2.05, 4.69) is 5.32 Å². The first-order valence-corrected chi connectivity index (χ1v) is 7.93. The Kier molecular flexibility index (Phi) is 6.59. The molecule has 27 heavy (non-hydrogen) atoms. The van der Waals surface area contributed by atoms with Gasteiger partial charge in [0, 0.05) is 11.6 Å². The van der Waals surface area contributed by atoms with Gasteiger partial charge in [0.15, 0.2) is 6.10 Å². The smallest absolute Gasteiger partial charge is 0.326 e. The molecule has 0 spiro atoms. The van der Waals surface area contributed by atoms with Crippen LogP contribution in [0.5, 0.6) is 5.75 Å². The summed E-state index contributed by atoms with van der Waals surface area (Å²) in [6, 6.07) is 8.70. The lowest BCUT2D eigenvalue weighted by molar-refractivity contribution is -0.145. The number of nitrogens with one attached hydrogen (secondary N) is 1. The molecule has 0 fully saturated rings. The van der Waals surface area contributed by atoms with E-state index in [0.29, 0.717) is 17.4 Å². The molecule has 0 heterocycles. The third-order valence-corrected chi connectivity index (χ3v) is 3.62. The van der Waals surface area contributed by atoms with Crippen LogP contribution in [-0.4, -0.2) is 37.4 Å². The van der Waals surface area contributed by atoms with E-state index in [9.17, 15) is 23.2 Å². The van der Waals surface area contributed by atoms with E-state index in [1.807, 2.05) is 0 Å². The second-order valence-electron chi connectivity index (χ2n) is 5.53. The molecule has 0 aliphatic carbocycles. The van der Waals surface area contributed by atoms with Crippen LogP contribution in [0.1, 0.15) is 27.6 Å². The number of Topliss-reactive ketones (excluding diaryl/α,β-unsaturated/α-hetero) is 1. The highest BCUT2D eigenvalue weighted by Gasteiger charge is 2.20. The molecule has 142 valence electrons. The second-order valence-corrected chi connectivity index (χ2v) is 5.53. The first-order chi connectivity index (χ1) is 12.8. The van der Waals surface area contributed by atoms with E-state index in [1.54, 1.807) is 12.1 Å². The average molecular weight is 377 g/mol. The third-order valence-electron chi connectivity index (χ3n) is 3.62. The van der Waals surface area contributed by atoms with Gasteiger partial charge in [-0.2, -0.15) is 0 Å². The van der Waals surface area contributed by atoms with Crippen molar-refractivity contribution >= 4 is 17.7 Å². The molecule has 1 N–H and O–H groups in total. The predicted molar refractivity (Wildman–Crippen MR) is 91.6 cm³/mol. The van der Waals surface area contributed by atoms with Gasteiger partial charge in [0.2, 0.25) is 5.78 Å². The number of carbonyl (C=O) groups excluding carboxylic acids is 3. The largest absolute Gasteiger partial charge is 0.497 e. The zero-order valence-electron chi connectivity index (χ0n) is 14.6. The molecule has 6 nitrogen and oxygen atoms in total. The molecule has 2 aromatic rings. The number of hydrogen-bond acceptors (Lipinski definition) is 5. The molecule has 0 saturated carbocycles. The summed E-state index contributed by atoms with van der Waals surface area (Å²) < 4.78 is 36.3. The van der Waals surface area contributed by atoms with Crippen molar-refractivity contribution < 1.29 is 32.6 Å². The van der Waals surface area contributed by atoms with Crippen LogP contribution in [0.3, 0.4) is 0 Å². The van der Waals surface area contributed by atoms with Crippen LogP contribution in [0.25, 0.3) is 0 Å². The number of halogens is 2. The van der Waals surface area contributed by atoms with Crippen molar-refractivity contribution in [2.24, 2.45) is 0 Å². The molecular weight excluding hydrogens is 360 g/mol. The van der Waals surface area contributed by atoms with E-state index in [0.717, 1.165) is 12.1 Å². The third kappa shape index (κ3) is 5.34. The number of amides is 1. The Morgan fingerprint density at radius 3 is 2.33 bits per heavy atom. The van der Waals surface area contributed by atoms with Crippen LogP contribution in [0.2, 0.25) is 0 Å². The van der Waals surface area contributed by atoms with E-state index in [1.165, 1.54) is 26.2 Å². The zero-order chi connectivity index (χ0) is 20.0. The lowest BCUT2D eigenvalue weighted by Gasteiger charge is -2.13. The topological polar surface area (TPSA) is 81.7 Å². The molecule has 2 aromatic carbocycles. The Morgan fingerprint density at radius 2 is 1.74 bits per heavy atom. The Labute approximate surface area is 154 Å². The fraction of sp³-hybridized carbons (Fsp3) is 0.211. The Hall–Kier alpha value is -3.29. The number of hydrogen-bond donors (Lipinski definition) is 1. The van der Waals surface area contributed by atoms with Gasteiger partial charge < -0.3 is 14.8 Å². The number of methoxy groups -OCH3 is 1. The monoisotopic (exact) mass is 377 g/mol. The Balaban J connectivity index is 1.88. The first kappa shape index (κ1) is 20.0. The molecule has 1 unspecified atom stereocenters. The number of rotatable bonds is 7. The number of ether oxygens (including phenoxy) is 2. The van der Waals surface area contributed by atoms with E-state index in [4.69, 9.17) is 9.47 Å². The summed E-state index contributed by atoms with van der Waals surface area (Å²) in [4.78, 5) is 35.8. The number of carbonyl (C=O) groups is 3. The minimum absolute atomic E-state index is 0.327. The molecule has 0 aliphatic rings. The molecule has 0 radical (unpaired) electrons. The number of ketones is 1. The summed E-state index contributed by atoms with van der Waals surface area (Å²) >= 11 is 0. The summed E-state index contributed by atoms with van der Waals surface area (Å²) in [7, 11) is 1.49. The van der Waals surface area contributed by atoms with Gasteiger partial charge in [0.25, 0.3) is 5.91 Å². The van der Waals surface area contributed by atoms with Crippen molar-refractivity contribution in [2.45, 2.75) is 13.0 Å². The molecule has 0 bridgehead atoms. The van der Waals surface area contributed by atoms with Gasteiger partial charge in [0.05, 0.1) is 12.7 Å². The molecule has 0 aromatic heterocycles. The van der Waals surface area contributed by atoms with Crippen LogP contribution in [0.15, 0.2) is 42.5 Å². The van der Waals surface area contributed by atoms with Gasteiger partial charge in [-0.15, -0.1) is 0 Å². The standard InChI is InChI=1S/C19H17F2NO5/c1-11(18(24)12-3-6-14(26-2)7-4-12)27-17(23)10-22-19(25)15-8-5-13(20)9-16(15)21/h3-9,11H,10H2,1-2H3,(H,22,25). The van der Waals surface area contributed by atoms with Gasteiger partial charge >= 0.3 is 5.97 Å². The van der Waals surface area contributed by atoms with Gasteiger partial charge in [-0.1, -0.05) is 0 Å². The van der Waals surface area contributed by atoms with Gasteiger partial charge in [0.1, 0.15) is 23.9 Å². The molecule has 0 saturated heterocycles. The van der Waals surface area contributed by atoms with Crippen molar-refractivity contribution in [2.75, 3.05) is 13.7 Å². The quantitative estimate of drug-likeness (QED) is 0.592. The van der Waals surface area contributed by atoms with Gasteiger partial charge in [-0.05, 0) is 43.3 Å². The van der Waals surface area contributed by atoms with Crippen molar-refractivity contribution in [3.05, 3.63) is 65.2 Å². The zero-order valence-corrected chi connectivity index (χ0v) is 14.6. The van der Waals surface area contributed by atoms with Crippen molar-refractivity contribution in [3.8, 4) is 5.75 Å². The molecular formula is C19H17F2NO5. The molecule has 1 amide bonds. The van der Waals surface area contributed by atoms with E-state index < -0.39 is 47.5 Å². The SMILES string of the molecule is COc1ccc(C(=O)C(C)OC(=O)CNC(=O)c2ccc(F)cc2F)cc1. The van der Waals surface area contributed by atoms with Crippen LogP contribution in [0, 0.1) is 11.6 Å². The normalized spacial score (nSPS) is 11.4. The molecule has 1 atom stereocenters. The van der Waals surface area contributed by atoms with Gasteiger partial charge in [-0.25, -0.2) is 8.78 Å². The van der Waals surface area contributed by atoms with Crippen molar-refractivity contribution in [1.82, 2.24) is 5.32 Å². The van der Waals surface area contributed by atoms with E-state index >= 15 is 0 Å². The number of benzene rings is 2. The highest BCUT2D eigenvalue weighted by molar-refractivity contribution is 6.00. The highest BCUT2D eigenvalue weighted by atomic mass is 19.1. The minimum Gasteiger partial charge on any atom is -0.497 e. The van der Waals surface area contributed by atoms with Crippen molar-refractivity contribution in [1.29, 1.82) is 0 Å². The van der Waals surface area contributed by atoms with Crippen LogP contribution >= 0.6 is 0 Å². The van der Waals surface area contributed by atoms with Crippen LogP contribution < -0.4 is 10.1 Å². The average Bonchev–Trinajstić information content (AvgIpc) is 2.65. The fourth-order valence-corrected chi connectivity index (χ4v) is 2.20. The molecule has 0 aliphatic heterocycles. The maximum atomic E-state index is 13.5. The maximum Gasteiger partial charge on any atom is 0.326 e. The Morgan fingerprint density at radius 1 is 1.07 bits per heavy atom. The summed E-state index contributed by atoms with van der Waals surface area (Å²) in [5, 5.41) is 2.15. The minimum atomic E-state index is -1.08. The van der Waals surface area contributed by atoms with Crippen LogP contribution in [-0.2, 0) is 9.53 Å². The first-order valence-electron chi connectivity index (χ1n) is 7.93. The highest BCUT2D eigenvalue weighted by Crippen LogP contribution is 2.14. The predicted octanol–water partition coefficient (Wildman–Crippen LogP) is 2.52. The second kappa shape index (κ2) is 8.88. The lowest BCUT2D eigenvalue weighted by Crippen LogP contribution is -2.34. The summed E-state index contributed by atoms with van der Waals surface area (Å²) in [5.41, 5.74) is -0.0833. The van der Waals surface area contributed by atoms with Crippen molar-refractivity contribution in [3.63, 3.8) is 0 Å².